The lowest BCUT2D eigenvalue weighted by Crippen LogP contribution is -2.24. The number of hydrogen-bond donors (Lipinski definition) is 1. The monoisotopic (exact) mass is 406 g/mol. The van der Waals surface area contributed by atoms with Gasteiger partial charge in [0.2, 0.25) is 6.29 Å². The molecule has 1 aromatic carbocycles. The lowest BCUT2D eigenvalue weighted by Gasteiger charge is -2.14. The lowest BCUT2D eigenvalue weighted by molar-refractivity contribution is -0.170. The molecule has 0 aliphatic carbocycles. The summed E-state index contributed by atoms with van der Waals surface area (Å²) in [7, 11) is 0. The van der Waals surface area contributed by atoms with Gasteiger partial charge in [0.1, 0.15) is 6.61 Å². The van der Waals surface area contributed by atoms with Crippen molar-refractivity contribution in [2.45, 2.75) is 71.5 Å². The average Bonchev–Trinajstić information content (AvgIpc) is 2.73. The first-order valence-electron chi connectivity index (χ1n) is 10.9. The third kappa shape index (κ3) is 11.8. The zero-order valence-corrected chi connectivity index (χ0v) is 18.2. The Hall–Kier alpha value is -1.69. The number of carbonyl (C=O) groups is 1. The van der Waals surface area contributed by atoms with Crippen LogP contribution in [-0.2, 0) is 25.4 Å². The van der Waals surface area contributed by atoms with Crippen LogP contribution in [0.15, 0.2) is 30.8 Å². The Morgan fingerprint density at radius 2 is 1.59 bits per heavy atom. The molecule has 29 heavy (non-hydrogen) atoms. The third-order valence-corrected chi connectivity index (χ3v) is 4.70. The van der Waals surface area contributed by atoms with E-state index in [9.17, 15) is 9.90 Å². The van der Waals surface area contributed by atoms with Gasteiger partial charge in [0.15, 0.2) is 0 Å². The van der Waals surface area contributed by atoms with Crippen LogP contribution in [0.5, 0.6) is 0 Å². The van der Waals surface area contributed by atoms with Crippen LogP contribution in [0.25, 0.3) is 5.57 Å². The van der Waals surface area contributed by atoms with Crippen LogP contribution in [0, 0.1) is 0 Å². The molecule has 0 radical (unpaired) electrons. The fourth-order valence-corrected chi connectivity index (χ4v) is 2.95. The van der Waals surface area contributed by atoms with E-state index in [1.165, 1.54) is 50.5 Å². The van der Waals surface area contributed by atoms with Gasteiger partial charge in [-0.1, -0.05) is 76.3 Å². The van der Waals surface area contributed by atoms with Crippen molar-refractivity contribution in [3.63, 3.8) is 0 Å². The Morgan fingerprint density at radius 3 is 2.24 bits per heavy atom. The predicted octanol–water partition coefficient (Wildman–Crippen LogP) is 4.91. The number of ether oxygens (including phenoxy) is 3. The number of unbranched alkanes of at least 4 members (excludes halogenated alkanes) is 6. The molecule has 0 saturated carbocycles. The Balaban J connectivity index is 2.28. The molecule has 0 bridgehead atoms. The summed E-state index contributed by atoms with van der Waals surface area (Å²) in [4.78, 5) is 12.1. The summed E-state index contributed by atoms with van der Waals surface area (Å²) in [6, 6.07) is 7.81. The van der Waals surface area contributed by atoms with Crippen molar-refractivity contribution >= 4 is 11.5 Å². The van der Waals surface area contributed by atoms with E-state index in [1.807, 2.05) is 31.2 Å². The number of aliphatic hydroxyl groups is 1. The zero-order valence-electron chi connectivity index (χ0n) is 18.2. The van der Waals surface area contributed by atoms with Crippen LogP contribution < -0.4 is 0 Å². The average molecular weight is 407 g/mol. The maximum atomic E-state index is 12.1. The molecular formula is C24H38O5. The second-order valence-electron chi connectivity index (χ2n) is 7.18. The van der Waals surface area contributed by atoms with Crippen molar-refractivity contribution in [1.29, 1.82) is 0 Å². The van der Waals surface area contributed by atoms with Gasteiger partial charge >= 0.3 is 5.97 Å². The first-order valence-corrected chi connectivity index (χ1v) is 10.9. The summed E-state index contributed by atoms with van der Waals surface area (Å²) in [5, 5.41) is 9.75. The molecule has 5 nitrogen and oxygen atoms in total. The molecule has 0 aromatic heterocycles. The van der Waals surface area contributed by atoms with E-state index in [0.717, 1.165) is 6.42 Å². The Bertz CT molecular complexity index is 567. The maximum Gasteiger partial charge on any atom is 0.340 e. The molecule has 0 spiro atoms. The molecular weight excluding hydrogens is 368 g/mol. The molecule has 5 heteroatoms. The molecule has 0 heterocycles. The van der Waals surface area contributed by atoms with Gasteiger partial charge in [-0.3, -0.25) is 0 Å². The first kappa shape index (κ1) is 25.3. The van der Waals surface area contributed by atoms with Crippen molar-refractivity contribution in [1.82, 2.24) is 0 Å². The topological polar surface area (TPSA) is 65.0 Å². The van der Waals surface area contributed by atoms with Crippen LogP contribution in [0.2, 0.25) is 0 Å². The van der Waals surface area contributed by atoms with Crippen molar-refractivity contribution in [2.24, 2.45) is 0 Å². The molecule has 164 valence electrons. The molecule has 1 unspecified atom stereocenters. The van der Waals surface area contributed by atoms with Gasteiger partial charge in [0.25, 0.3) is 0 Å². The quantitative estimate of drug-likeness (QED) is 0.172. The summed E-state index contributed by atoms with van der Waals surface area (Å²) >= 11 is 0. The normalized spacial score (nSPS) is 12.0. The van der Waals surface area contributed by atoms with Crippen LogP contribution in [0.1, 0.15) is 69.9 Å². The van der Waals surface area contributed by atoms with Gasteiger partial charge in [-0.15, -0.1) is 0 Å². The molecule has 1 rings (SSSR count). The van der Waals surface area contributed by atoms with Crippen LogP contribution in [0.3, 0.4) is 0 Å². The number of rotatable bonds is 17. The van der Waals surface area contributed by atoms with E-state index in [1.54, 1.807) is 0 Å². The number of esters is 1. The second-order valence-corrected chi connectivity index (χ2v) is 7.18. The van der Waals surface area contributed by atoms with Gasteiger partial charge < -0.3 is 19.3 Å². The van der Waals surface area contributed by atoms with Crippen molar-refractivity contribution in [2.75, 3.05) is 26.4 Å². The van der Waals surface area contributed by atoms with Crippen LogP contribution in [-0.4, -0.2) is 43.8 Å². The largest absolute Gasteiger partial charge is 0.430 e. The Labute approximate surface area is 176 Å². The van der Waals surface area contributed by atoms with E-state index < -0.39 is 12.3 Å². The SMILES string of the molecule is C=C(C(=O)OC(O)COCCOCC)c1ccc(CCCCCCCCC)cc1. The summed E-state index contributed by atoms with van der Waals surface area (Å²) in [5.41, 5.74) is 2.18. The smallest absolute Gasteiger partial charge is 0.340 e. The Morgan fingerprint density at radius 1 is 0.966 bits per heavy atom. The summed E-state index contributed by atoms with van der Waals surface area (Å²) < 4.78 is 15.3. The molecule has 1 aromatic rings. The van der Waals surface area contributed by atoms with Crippen LogP contribution in [0.4, 0.5) is 0 Å². The van der Waals surface area contributed by atoms with Crippen molar-refractivity contribution in [3.05, 3.63) is 42.0 Å². The molecule has 0 saturated heterocycles. The highest BCUT2D eigenvalue weighted by Crippen LogP contribution is 2.17. The fraction of sp³-hybridized carbons (Fsp3) is 0.625. The van der Waals surface area contributed by atoms with E-state index in [-0.39, 0.29) is 12.2 Å². The van der Waals surface area contributed by atoms with E-state index >= 15 is 0 Å². The van der Waals surface area contributed by atoms with E-state index in [2.05, 4.69) is 13.5 Å². The van der Waals surface area contributed by atoms with Crippen molar-refractivity contribution in [3.8, 4) is 0 Å². The molecule has 1 N–H and O–H groups in total. The van der Waals surface area contributed by atoms with Gasteiger partial charge in [-0.2, -0.15) is 0 Å². The molecule has 1 atom stereocenters. The number of aliphatic hydroxyl groups excluding tert-OH is 1. The van der Waals surface area contributed by atoms with Gasteiger partial charge in [-0.25, -0.2) is 4.79 Å². The summed E-state index contributed by atoms with van der Waals surface area (Å²) in [5.74, 6) is -0.647. The summed E-state index contributed by atoms with van der Waals surface area (Å²) in [6.45, 7) is 9.21. The molecule has 0 aliphatic rings. The minimum atomic E-state index is -1.32. The minimum absolute atomic E-state index is 0.0938. The number of carbonyl (C=O) groups excluding carboxylic acids is 1. The highest BCUT2D eigenvalue weighted by atomic mass is 16.7. The zero-order chi connectivity index (χ0) is 21.3. The second kappa shape index (κ2) is 16.1. The van der Waals surface area contributed by atoms with E-state index in [0.29, 0.717) is 25.4 Å². The molecule has 0 aliphatic heterocycles. The number of benzene rings is 1. The Kier molecular flexibility index (Phi) is 14.1. The number of aryl methyl sites for hydroxylation is 1. The van der Waals surface area contributed by atoms with Gasteiger partial charge in [0, 0.05) is 6.61 Å². The van der Waals surface area contributed by atoms with Gasteiger partial charge in [0.05, 0.1) is 18.8 Å². The molecule has 0 fully saturated rings. The van der Waals surface area contributed by atoms with Crippen LogP contribution >= 0.6 is 0 Å². The minimum Gasteiger partial charge on any atom is -0.430 e. The number of hydrogen-bond acceptors (Lipinski definition) is 5. The van der Waals surface area contributed by atoms with Gasteiger partial charge in [-0.05, 0) is 30.9 Å². The van der Waals surface area contributed by atoms with Crippen molar-refractivity contribution < 1.29 is 24.1 Å². The fourth-order valence-electron chi connectivity index (χ4n) is 2.95. The van der Waals surface area contributed by atoms with E-state index in [4.69, 9.17) is 14.2 Å². The highest BCUT2D eigenvalue weighted by molar-refractivity contribution is 6.15. The third-order valence-electron chi connectivity index (χ3n) is 4.70. The molecule has 0 amide bonds. The standard InChI is InChI=1S/C24H38O5/c1-4-6-7-8-9-10-11-12-21-13-15-22(16-14-21)20(3)24(26)29-23(25)19-28-18-17-27-5-2/h13-16,23,25H,3-12,17-19H2,1-2H3. The highest BCUT2D eigenvalue weighted by Gasteiger charge is 2.16. The maximum absolute atomic E-state index is 12.1. The summed E-state index contributed by atoms with van der Waals surface area (Å²) in [6.07, 6.45) is 8.77. The first-order chi connectivity index (χ1) is 14.1. The lowest BCUT2D eigenvalue weighted by atomic mass is 10.0. The predicted molar refractivity (Wildman–Crippen MR) is 117 cm³/mol.